The summed E-state index contributed by atoms with van der Waals surface area (Å²) in [5, 5.41) is 13.1. The first kappa shape index (κ1) is 25.4. The maximum absolute atomic E-state index is 11.6. The van der Waals surface area contributed by atoms with Gasteiger partial charge in [0.2, 0.25) is 0 Å². The number of hydrogen-bond donors (Lipinski definition) is 2. The molecule has 6 nitrogen and oxygen atoms in total. The second-order valence-corrected chi connectivity index (χ2v) is 9.65. The molecule has 1 aromatic rings. The average Bonchev–Trinajstić information content (AvgIpc) is 2.79. The van der Waals surface area contributed by atoms with E-state index in [0.29, 0.717) is 16.8 Å². The van der Waals surface area contributed by atoms with E-state index < -0.39 is 18.1 Å². The lowest BCUT2D eigenvalue weighted by Crippen LogP contribution is -2.45. The van der Waals surface area contributed by atoms with Gasteiger partial charge in [0.1, 0.15) is 16.4 Å². The van der Waals surface area contributed by atoms with Gasteiger partial charge in [0.05, 0.1) is 6.61 Å². The summed E-state index contributed by atoms with van der Waals surface area (Å²) >= 11 is 0. The number of ether oxygens (including phenoxy) is 1. The van der Waals surface area contributed by atoms with Crippen molar-refractivity contribution in [1.29, 1.82) is 0 Å². The van der Waals surface area contributed by atoms with Crippen LogP contribution in [0, 0.1) is 0 Å². The first-order valence-electron chi connectivity index (χ1n) is 11.9. The minimum Gasteiger partial charge on any atom is -0.480 e. The molecule has 0 heterocycles. The Balaban J connectivity index is 0.000000231. The predicted molar refractivity (Wildman–Crippen MR) is 127 cm³/mol. The number of aliphatic carboxylic acids is 1. The van der Waals surface area contributed by atoms with Crippen molar-refractivity contribution in [2.45, 2.75) is 95.7 Å². The average molecular weight is 449 g/mol. The molecule has 0 radical (unpaired) electrons. The lowest BCUT2D eigenvalue weighted by Gasteiger charge is -2.30. The lowest BCUT2D eigenvalue weighted by atomic mass is 9.91. The van der Waals surface area contributed by atoms with Crippen molar-refractivity contribution in [3.8, 4) is 0 Å². The molecule has 0 aromatic heterocycles. The predicted octanol–water partition coefficient (Wildman–Crippen LogP) is 3.66. The van der Waals surface area contributed by atoms with Gasteiger partial charge in [0, 0.05) is 18.5 Å². The van der Waals surface area contributed by atoms with Gasteiger partial charge in [-0.2, -0.15) is 0 Å². The van der Waals surface area contributed by atoms with Crippen LogP contribution in [0.15, 0.2) is 30.3 Å². The fourth-order valence-corrected chi connectivity index (χ4v) is 4.98. The molecule has 174 valence electrons. The standard InChI is InChI=1S/C12H17NO4Si.C12H23N/c1-2-17-12(16)13(18)10(11(14)15)8-9-6-4-3-5-7-9;1-3-7-11(8-4-1)13-12-9-5-2-6-10-12/h3-7,10H,2,8H2,1,18H3,(H,14,15);11-13H,1-10H2. The topological polar surface area (TPSA) is 78.9 Å². The molecular weight excluding hydrogens is 408 g/mol. The monoisotopic (exact) mass is 448 g/mol. The number of benzene rings is 1. The Morgan fingerprint density at radius 2 is 1.55 bits per heavy atom. The zero-order chi connectivity index (χ0) is 22.5. The minimum atomic E-state index is -1.01. The van der Waals surface area contributed by atoms with Crippen LogP contribution >= 0.6 is 0 Å². The van der Waals surface area contributed by atoms with Gasteiger partial charge in [-0.05, 0) is 38.2 Å². The summed E-state index contributed by atoms with van der Waals surface area (Å²) in [6.07, 6.45) is 14.3. The third kappa shape index (κ3) is 9.43. The Bertz CT molecular complexity index is 630. The Kier molecular flexibility index (Phi) is 11.7. The maximum Gasteiger partial charge on any atom is 0.401 e. The summed E-state index contributed by atoms with van der Waals surface area (Å²) in [6, 6.07) is 10.1. The van der Waals surface area contributed by atoms with Crippen LogP contribution in [-0.2, 0) is 16.0 Å². The second-order valence-electron chi connectivity index (χ2n) is 8.69. The van der Waals surface area contributed by atoms with Crippen LogP contribution in [-0.4, -0.2) is 56.9 Å². The van der Waals surface area contributed by atoms with Crippen LogP contribution in [0.4, 0.5) is 4.79 Å². The SMILES string of the molecule is C1CCC(NC2CCCCC2)CC1.CCOC(=O)N([SiH3])C(Cc1ccccc1)C(=O)O. The van der Waals surface area contributed by atoms with E-state index in [1.54, 1.807) is 6.92 Å². The summed E-state index contributed by atoms with van der Waals surface area (Å²) in [6.45, 7) is 1.94. The Morgan fingerprint density at radius 3 is 2.00 bits per heavy atom. The Morgan fingerprint density at radius 1 is 1.03 bits per heavy atom. The maximum atomic E-state index is 11.6. The van der Waals surface area contributed by atoms with Crippen molar-refractivity contribution in [3.05, 3.63) is 35.9 Å². The number of carboxylic acid groups (broad SMARTS) is 1. The van der Waals surface area contributed by atoms with E-state index >= 15 is 0 Å². The highest BCUT2D eigenvalue weighted by Gasteiger charge is 2.27. The van der Waals surface area contributed by atoms with Gasteiger partial charge in [0.25, 0.3) is 0 Å². The summed E-state index contributed by atoms with van der Waals surface area (Å²) in [5.74, 6) is -1.01. The van der Waals surface area contributed by atoms with E-state index in [1.807, 2.05) is 30.3 Å². The van der Waals surface area contributed by atoms with E-state index in [9.17, 15) is 14.7 Å². The Hall–Kier alpha value is -1.86. The molecule has 0 spiro atoms. The van der Waals surface area contributed by atoms with E-state index in [-0.39, 0.29) is 6.61 Å². The zero-order valence-corrected chi connectivity index (χ0v) is 21.2. The van der Waals surface area contributed by atoms with Crippen LogP contribution in [0.25, 0.3) is 0 Å². The van der Waals surface area contributed by atoms with Crippen molar-refractivity contribution in [2.24, 2.45) is 0 Å². The molecule has 2 N–H and O–H groups in total. The molecule has 0 saturated heterocycles. The van der Waals surface area contributed by atoms with Gasteiger partial charge in [-0.25, -0.2) is 4.79 Å². The molecule has 1 aromatic carbocycles. The molecule has 0 aliphatic heterocycles. The number of amides is 1. The molecule has 7 heteroatoms. The third-order valence-electron chi connectivity index (χ3n) is 6.26. The van der Waals surface area contributed by atoms with Crippen molar-refractivity contribution in [2.75, 3.05) is 6.61 Å². The highest BCUT2D eigenvalue weighted by molar-refractivity contribution is 6.14. The van der Waals surface area contributed by atoms with Crippen LogP contribution in [0.5, 0.6) is 0 Å². The van der Waals surface area contributed by atoms with E-state index in [1.165, 1.54) is 68.8 Å². The van der Waals surface area contributed by atoms with Crippen LogP contribution < -0.4 is 5.32 Å². The number of nitrogens with one attached hydrogen (secondary N) is 1. The first-order chi connectivity index (χ1) is 15.0. The fourth-order valence-electron chi connectivity index (χ4n) is 4.45. The third-order valence-corrected chi connectivity index (χ3v) is 7.25. The smallest absolute Gasteiger partial charge is 0.401 e. The summed E-state index contributed by atoms with van der Waals surface area (Å²) < 4.78 is 6.08. The number of carbonyl (C=O) groups excluding carboxylic acids is 1. The number of rotatable bonds is 7. The molecule has 2 fully saturated rings. The summed E-state index contributed by atoms with van der Waals surface area (Å²) in [7, 11) is 0.307. The van der Waals surface area contributed by atoms with Gasteiger partial charge >= 0.3 is 12.1 Å². The van der Waals surface area contributed by atoms with Crippen LogP contribution in [0.2, 0.25) is 0 Å². The molecule has 1 unspecified atom stereocenters. The van der Waals surface area contributed by atoms with Gasteiger partial charge in [0.15, 0.2) is 0 Å². The molecule has 1 amide bonds. The molecule has 2 aliphatic carbocycles. The highest BCUT2D eigenvalue weighted by Crippen LogP contribution is 2.22. The fraction of sp³-hybridized carbons (Fsp3) is 0.667. The quantitative estimate of drug-likeness (QED) is 0.623. The Labute approximate surface area is 190 Å². The zero-order valence-electron chi connectivity index (χ0n) is 19.2. The highest BCUT2D eigenvalue weighted by atomic mass is 28.2. The van der Waals surface area contributed by atoms with E-state index in [2.05, 4.69) is 5.32 Å². The van der Waals surface area contributed by atoms with E-state index in [0.717, 1.165) is 17.6 Å². The molecule has 1 atom stereocenters. The minimum absolute atomic E-state index is 0.245. The number of hydrogen-bond acceptors (Lipinski definition) is 4. The summed E-state index contributed by atoms with van der Waals surface area (Å²) in [4.78, 5) is 22.8. The molecule has 0 bridgehead atoms. The number of nitrogens with zero attached hydrogens (tertiary/aromatic N) is 1. The van der Waals surface area contributed by atoms with Gasteiger partial charge in [-0.15, -0.1) is 0 Å². The number of carbonyl (C=O) groups is 2. The molecule has 2 saturated carbocycles. The number of carboxylic acids is 1. The van der Waals surface area contributed by atoms with Crippen molar-refractivity contribution < 1.29 is 19.4 Å². The molecule has 31 heavy (non-hydrogen) atoms. The van der Waals surface area contributed by atoms with Gasteiger partial charge in [-0.3, -0.25) is 4.79 Å². The molecular formula is C24H40N2O4Si. The normalized spacial score (nSPS) is 18.5. The summed E-state index contributed by atoms with van der Waals surface area (Å²) in [5.41, 5.74) is 0.884. The lowest BCUT2D eigenvalue weighted by molar-refractivity contribution is -0.141. The molecule has 2 aliphatic rings. The second kappa shape index (κ2) is 14.2. The van der Waals surface area contributed by atoms with Gasteiger partial charge < -0.3 is 19.7 Å². The van der Waals surface area contributed by atoms with Gasteiger partial charge in [-0.1, -0.05) is 68.9 Å². The van der Waals surface area contributed by atoms with Crippen molar-refractivity contribution >= 4 is 22.5 Å². The first-order valence-corrected chi connectivity index (χ1v) is 12.8. The largest absolute Gasteiger partial charge is 0.480 e. The molecule has 3 rings (SSSR count). The van der Waals surface area contributed by atoms with Crippen molar-refractivity contribution in [1.82, 2.24) is 9.88 Å². The van der Waals surface area contributed by atoms with Crippen molar-refractivity contribution in [3.63, 3.8) is 0 Å². The van der Waals surface area contributed by atoms with Crippen LogP contribution in [0.3, 0.4) is 0 Å². The van der Waals surface area contributed by atoms with E-state index in [4.69, 9.17) is 4.74 Å². The van der Waals surface area contributed by atoms with Crippen LogP contribution in [0.1, 0.15) is 76.7 Å².